The highest BCUT2D eigenvalue weighted by atomic mass is 35.5. The van der Waals surface area contributed by atoms with Crippen molar-refractivity contribution in [1.29, 1.82) is 0 Å². The lowest BCUT2D eigenvalue weighted by molar-refractivity contribution is 0.249. The molecule has 2 N–H and O–H groups in total. The van der Waals surface area contributed by atoms with Crippen molar-refractivity contribution in [2.24, 2.45) is 11.7 Å². The first-order valence-electron chi connectivity index (χ1n) is 6.03. The molecule has 0 aromatic heterocycles. The predicted molar refractivity (Wildman–Crippen MR) is 79.2 cm³/mol. The lowest BCUT2D eigenvalue weighted by Gasteiger charge is -2.34. The Morgan fingerprint density at radius 3 is 2.65 bits per heavy atom. The highest BCUT2D eigenvalue weighted by Gasteiger charge is 2.33. The molecule has 1 aliphatic heterocycles. The number of sulfonamides is 1. The van der Waals surface area contributed by atoms with Gasteiger partial charge in [-0.1, -0.05) is 18.5 Å². The molecule has 1 aliphatic rings. The summed E-state index contributed by atoms with van der Waals surface area (Å²) in [7, 11) is -3.82. The van der Waals surface area contributed by atoms with E-state index in [9.17, 15) is 12.8 Å². The van der Waals surface area contributed by atoms with Crippen LogP contribution in [0.25, 0.3) is 0 Å². The van der Waals surface area contributed by atoms with Crippen LogP contribution in [0.1, 0.15) is 13.3 Å². The molecule has 1 saturated heterocycles. The minimum absolute atomic E-state index is 0. The number of benzene rings is 1. The zero-order valence-corrected chi connectivity index (χ0v) is 13.3. The molecule has 1 fully saturated rings. The van der Waals surface area contributed by atoms with Gasteiger partial charge < -0.3 is 5.73 Å². The zero-order chi connectivity index (χ0) is 14.2. The fourth-order valence-corrected chi connectivity index (χ4v) is 3.93. The van der Waals surface area contributed by atoms with Crippen LogP contribution >= 0.6 is 24.0 Å². The van der Waals surface area contributed by atoms with Gasteiger partial charge in [-0.2, -0.15) is 4.31 Å². The van der Waals surface area contributed by atoms with Crippen LogP contribution in [-0.2, 0) is 10.0 Å². The van der Waals surface area contributed by atoms with Crippen LogP contribution < -0.4 is 5.73 Å². The second-order valence-corrected chi connectivity index (χ2v) is 7.21. The SMILES string of the molecule is CC1CN(S(=O)(=O)c2ccc(Cl)cc2F)CCC1N.Cl. The minimum Gasteiger partial charge on any atom is -0.327 e. The number of hydrogen-bond acceptors (Lipinski definition) is 3. The summed E-state index contributed by atoms with van der Waals surface area (Å²) in [6.07, 6.45) is 0.579. The van der Waals surface area contributed by atoms with Crippen molar-refractivity contribution < 1.29 is 12.8 Å². The van der Waals surface area contributed by atoms with E-state index in [0.717, 1.165) is 6.07 Å². The third kappa shape index (κ3) is 3.43. The van der Waals surface area contributed by atoms with E-state index >= 15 is 0 Å². The van der Waals surface area contributed by atoms with E-state index in [1.165, 1.54) is 16.4 Å². The average Bonchev–Trinajstić information content (AvgIpc) is 2.32. The Morgan fingerprint density at radius 2 is 2.10 bits per heavy atom. The van der Waals surface area contributed by atoms with E-state index in [4.69, 9.17) is 17.3 Å². The number of nitrogens with two attached hydrogens (primary N) is 1. The standard InChI is InChI=1S/C12H16ClFN2O2S.ClH/c1-8-7-16(5-4-11(8)15)19(17,18)12-3-2-9(13)6-10(12)14;/h2-3,6,8,11H,4-5,7,15H2,1H3;1H. The highest BCUT2D eigenvalue weighted by Crippen LogP contribution is 2.26. The summed E-state index contributed by atoms with van der Waals surface area (Å²) in [4.78, 5) is -0.334. The Kier molecular flexibility index (Phi) is 5.80. The minimum atomic E-state index is -3.82. The van der Waals surface area contributed by atoms with Crippen LogP contribution in [0, 0.1) is 11.7 Å². The highest BCUT2D eigenvalue weighted by molar-refractivity contribution is 7.89. The Morgan fingerprint density at radius 1 is 1.45 bits per heavy atom. The molecule has 0 bridgehead atoms. The summed E-state index contributed by atoms with van der Waals surface area (Å²) in [6, 6.07) is 3.57. The summed E-state index contributed by atoms with van der Waals surface area (Å²) in [5, 5.41) is 0.172. The van der Waals surface area contributed by atoms with Gasteiger partial charge in [0.2, 0.25) is 10.0 Å². The van der Waals surface area contributed by atoms with E-state index in [-0.39, 0.29) is 34.3 Å². The fourth-order valence-electron chi connectivity index (χ4n) is 2.17. The molecule has 2 unspecified atom stereocenters. The van der Waals surface area contributed by atoms with E-state index in [2.05, 4.69) is 0 Å². The molecule has 114 valence electrons. The van der Waals surface area contributed by atoms with Gasteiger partial charge in [-0.25, -0.2) is 12.8 Å². The number of piperidine rings is 1. The van der Waals surface area contributed by atoms with E-state index in [0.29, 0.717) is 19.5 Å². The molecule has 0 aliphatic carbocycles. The van der Waals surface area contributed by atoms with Crippen LogP contribution in [0.15, 0.2) is 23.1 Å². The molecule has 1 aromatic rings. The Balaban J connectivity index is 0.00000200. The molecule has 4 nitrogen and oxygen atoms in total. The van der Waals surface area contributed by atoms with Gasteiger partial charge in [0.05, 0.1) is 0 Å². The van der Waals surface area contributed by atoms with Crippen LogP contribution in [-0.4, -0.2) is 31.9 Å². The van der Waals surface area contributed by atoms with Gasteiger partial charge in [-0.05, 0) is 30.5 Å². The van der Waals surface area contributed by atoms with Gasteiger partial charge in [-0.3, -0.25) is 0 Å². The Bertz CT molecular complexity index is 583. The van der Waals surface area contributed by atoms with Crippen molar-refractivity contribution in [3.63, 3.8) is 0 Å². The smallest absolute Gasteiger partial charge is 0.245 e. The summed E-state index contributed by atoms with van der Waals surface area (Å²) < 4.78 is 39.8. The van der Waals surface area contributed by atoms with Crippen LogP contribution in [0.3, 0.4) is 0 Å². The molecule has 20 heavy (non-hydrogen) atoms. The average molecular weight is 343 g/mol. The number of nitrogens with zero attached hydrogens (tertiary/aromatic N) is 1. The molecule has 0 spiro atoms. The Labute approximate surface area is 129 Å². The normalized spacial score (nSPS) is 24.2. The van der Waals surface area contributed by atoms with Gasteiger partial charge in [0.15, 0.2) is 0 Å². The molecule has 1 aromatic carbocycles. The second kappa shape index (κ2) is 6.58. The van der Waals surface area contributed by atoms with E-state index in [1.807, 2.05) is 6.92 Å². The second-order valence-electron chi connectivity index (χ2n) is 4.87. The summed E-state index contributed by atoms with van der Waals surface area (Å²) >= 11 is 5.63. The zero-order valence-electron chi connectivity index (χ0n) is 10.9. The van der Waals surface area contributed by atoms with Crippen molar-refractivity contribution >= 4 is 34.0 Å². The maximum absolute atomic E-state index is 13.8. The monoisotopic (exact) mass is 342 g/mol. The number of hydrogen-bond donors (Lipinski definition) is 1. The topological polar surface area (TPSA) is 63.4 Å². The van der Waals surface area contributed by atoms with Gasteiger partial charge in [0.1, 0.15) is 10.7 Å². The maximum Gasteiger partial charge on any atom is 0.245 e. The first kappa shape index (κ1) is 17.7. The lowest BCUT2D eigenvalue weighted by atomic mass is 9.96. The summed E-state index contributed by atoms with van der Waals surface area (Å²) in [5.41, 5.74) is 5.86. The molecule has 2 rings (SSSR count). The fraction of sp³-hybridized carbons (Fsp3) is 0.500. The van der Waals surface area contributed by atoms with Crippen molar-refractivity contribution in [2.75, 3.05) is 13.1 Å². The predicted octanol–water partition coefficient (Wildman–Crippen LogP) is 2.26. The molecule has 0 saturated carbocycles. The van der Waals surface area contributed by atoms with Crippen LogP contribution in [0.4, 0.5) is 4.39 Å². The van der Waals surface area contributed by atoms with Gasteiger partial charge in [0, 0.05) is 24.2 Å². The largest absolute Gasteiger partial charge is 0.327 e. The van der Waals surface area contributed by atoms with Gasteiger partial charge in [0.25, 0.3) is 0 Å². The summed E-state index contributed by atoms with van der Waals surface area (Å²) in [6.45, 7) is 2.52. The third-order valence-electron chi connectivity index (χ3n) is 3.45. The lowest BCUT2D eigenvalue weighted by Crippen LogP contribution is -2.48. The maximum atomic E-state index is 13.8. The van der Waals surface area contributed by atoms with Gasteiger partial charge in [-0.15, -0.1) is 12.4 Å². The van der Waals surface area contributed by atoms with Crippen molar-refractivity contribution in [3.8, 4) is 0 Å². The molecule has 0 radical (unpaired) electrons. The number of rotatable bonds is 2. The third-order valence-corrected chi connectivity index (χ3v) is 5.58. The first-order chi connectivity index (χ1) is 8.82. The quantitative estimate of drug-likeness (QED) is 0.896. The van der Waals surface area contributed by atoms with Crippen molar-refractivity contribution in [3.05, 3.63) is 29.0 Å². The molecular weight excluding hydrogens is 326 g/mol. The number of halogens is 3. The molecular formula is C12H17Cl2FN2O2S. The molecule has 8 heteroatoms. The van der Waals surface area contributed by atoms with E-state index < -0.39 is 15.8 Å². The van der Waals surface area contributed by atoms with Crippen LogP contribution in [0.5, 0.6) is 0 Å². The van der Waals surface area contributed by atoms with E-state index in [1.54, 1.807) is 0 Å². The summed E-state index contributed by atoms with van der Waals surface area (Å²) in [5.74, 6) is -0.770. The van der Waals surface area contributed by atoms with Crippen molar-refractivity contribution in [2.45, 2.75) is 24.3 Å². The van der Waals surface area contributed by atoms with Gasteiger partial charge >= 0.3 is 0 Å². The first-order valence-corrected chi connectivity index (χ1v) is 7.85. The Hall–Kier alpha value is -0.400. The molecule has 0 amide bonds. The van der Waals surface area contributed by atoms with Crippen LogP contribution in [0.2, 0.25) is 5.02 Å². The van der Waals surface area contributed by atoms with Crippen molar-refractivity contribution in [1.82, 2.24) is 4.31 Å². The molecule has 2 atom stereocenters. The molecule has 1 heterocycles.